The smallest absolute Gasteiger partial charge is 0.194 e. The normalized spacial score (nSPS) is 18.5. The number of hydrogen-bond acceptors (Lipinski definition) is 2. The van der Waals surface area contributed by atoms with Gasteiger partial charge in [0.15, 0.2) is 5.96 Å². The highest BCUT2D eigenvalue weighted by atomic mass is 127. The Hall–Kier alpha value is -0.980. The SMILES string of the molecule is CCNC(=NCCCc1ccc(O)cc1)N1CC(C)(C)C1(C)C.I. The number of nitrogens with one attached hydrogen (secondary N) is 1. The Labute approximate surface area is 163 Å². The van der Waals surface area contributed by atoms with Gasteiger partial charge in [0.05, 0.1) is 0 Å². The highest BCUT2D eigenvalue weighted by Crippen LogP contribution is 2.46. The number of halogens is 1. The number of guanidine groups is 1. The molecule has 0 spiro atoms. The van der Waals surface area contributed by atoms with Crippen molar-refractivity contribution in [2.24, 2.45) is 10.4 Å². The predicted octanol–water partition coefficient (Wildman–Crippen LogP) is 4.03. The standard InChI is InChI=1S/C19H31N3O.HI/c1-6-20-17(22-14-18(2,3)19(22,4)5)21-13-7-8-15-9-11-16(23)12-10-15;/h9-12,23H,6-8,13-14H2,1-5H3,(H,20,21);1H. The molecule has 1 aliphatic rings. The van der Waals surface area contributed by atoms with Crippen LogP contribution in [-0.4, -0.2) is 41.1 Å². The van der Waals surface area contributed by atoms with Crippen LogP contribution in [0.5, 0.6) is 5.75 Å². The van der Waals surface area contributed by atoms with Gasteiger partial charge in [-0.25, -0.2) is 0 Å². The van der Waals surface area contributed by atoms with Crippen LogP contribution in [-0.2, 0) is 6.42 Å². The number of hydrogen-bond donors (Lipinski definition) is 2. The van der Waals surface area contributed by atoms with Crippen LogP contribution in [0.1, 0.15) is 46.6 Å². The molecule has 1 heterocycles. The molecule has 2 rings (SSSR count). The van der Waals surface area contributed by atoms with Gasteiger partial charge in [-0.05, 0) is 51.3 Å². The van der Waals surface area contributed by atoms with E-state index in [4.69, 9.17) is 4.99 Å². The summed E-state index contributed by atoms with van der Waals surface area (Å²) in [7, 11) is 0. The minimum Gasteiger partial charge on any atom is -0.508 e. The third-order valence-electron chi connectivity index (χ3n) is 5.30. The van der Waals surface area contributed by atoms with E-state index in [0.717, 1.165) is 38.4 Å². The van der Waals surface area contributed by atoms with E-state index in [1.165, 1.54) is 5.56 Å². The van der Waals surface area contributed by atoms with Gasteiger partial charge in [0, 0.05) is 30.6 Å². The molecule has 0 unspecified atom stereocenters. The summed E-state index contributed by atoms with van der Waals surface area (Å²) in [6.07, 6.45) is 2.00. The van der Waals surface area contributed by atoms with Gasteiger partial charge in [0.2, 0.25) is 0 Å². The van der Waals surface area contributed by atoms with Gasteiger partial charge < -0.3 is 15.3 Å². The summed E-state index contributed by atoms with van der Waals surface area (Å²) in [6, 6.07) is 7.44. The Morgan fingerprint density at radius 1 is 1.21 bits per heavy atom. The number of rotatable bonds is 5. The molecule has 1 aliphatic heterocycles. The first-order valence-electron chi connectivity index (χ1n) is 8.62. The van der Waals surface area contributed by atoms with Crippen molar-refractivity contribution in [2.45, 2.75) is 53.0 Å². The van der Waals surface area contributed by atoms with Crippen LogP contribution >= 0.6 is 24.0 Å². The van der Waals surface area contributed by atoms with Crippen molar-refractivity contribution in [3.8, 4) is 5.75 Å². The Balaban J connectivity index is 0.00000288. The van der Waals surface area contributed by atoms with Gasteiger partial charge in [0.1, 0.15) is 5.75 Å². The lowest BCUT2D eigenvalue weighted by atomic mass is 9.65. The summed E-state index contributed by atoms with van der Waals surface area (Å²) >= 11 is 0. The van der Waals surface area contributed by atoms with E-state index < -0.39 is 0 Å². The molecule has 0 aromatic heterocycles. The van der Waals surface area contributed by atoms with E-state index >= 15 is 0 Å². The summed E-state index contributed by atoms with van der Waals surface area (Å²) in [5, 5.41) is 12.7. The first kappa shape index (κ1) is 21.1. The number of aryl methyl sites for hydroxylation is 1. The summed E-state index contributed by atoms with van der Waals surface area (Å²) in [4.78, 5) is 7.20. The lowest BCUT2D eigenvalue weighted by Crippen LogP contribution is -2.72. The molecule has 1 aromatic carbocycles. The number of phenols is 1. The predicted molar refractivity (Wildman–Crippen MR) is 112 cm³/mol. The van der Waals surface area contributed by atoms with Crippen molar-refractivity contribution >= 4 is 29.9 Å². The fourth-order valence-electron chi connectivity index (χ4n) is 2.93. The average Bonchev–Trinajstić information content (AvgIpc) is 2.50. The minimum atomic E-state index is 0. The second-order valence-electron chi connectivity index (χ2n) is 7.53. The molecule has 0 radical (unpaired) electrons. The highest BCUT2D eigenvalue weighted by molar-refractivity contribution is 14.0. The zero-order chi connectivity index (χ0) is 17.1. The van der Waals surface area contributed by atoms with Crippen LogP contribution in [0.3, 0.4) is 0 Å². The Bertz CT molecular complexity index is 552. The summed E-state index contributed by atoms with van der Waals surface area (Å²) in [6.45, 7) is 14.1. The maximum atomic E-state index is 9.31. The van der Waals surface area contributed by atoms with Crippen molar-refractivity contribution < 1.29 is 5.11 Å². The molecule has 136 valence electrons. The van der Waals surface area contributed by atoms with Gasteiger partial charge in [-0.3, -0.25) is 4.99 Å². The molecular formula is C19H32IN3O. The van der Waals surface area contributed by atoms with Crippen LogP contribution in [0.25, 0.3) is 0 Å². The number of phenolic OH excluding ortho intramolecular Hbond substituents is 1. The Morgan fingerprint density at radius 3 is 2.33 bits per heavy atom. The molecule has 24 heavy (non-hydrogen) atoms. The maximum absolute atomic E-state index is 9.31. The largest absolute Gasteiger partial charge is 0.508 e. The van der Waals surface area contributed by atoms with E-state index in [-0.39, 0.29) is 29.5 Å². The molecule has 1 fully saturated rings. The maximum Gasteiger partial charge on any atom is 0.194 e. The quantitative estimate of drug-likeness (QED) is 0.312. The Kier molecular flexibility index (Phi) is 7.38. The van der Waals surface area contributed by atoms with E-state index in [0.29, 0.717) is 11.2 Å². The van der Waals surface area contributed by atoms with Crippen LogP contribution in [0.15, 0.2) is 29.3 Å². The van der Waals surface area contributed by atoms with Gasteiger partial charge in [0.25, 0.3) is 0 Å². The summed E-state index contributed by atoms with van der Waals surface area (Å²) in [5.41, 5.74) is 1.69. The highest BCUT2D eigenvalue weighted by Gasteiger charge is 2.53. The first-order chi connectivity index (χ1) is 10.8. The minimum absolute atomic E-state index is 0. The number of benzene rings is 1. The molecule has 0 aliphatic carbocycles. The zero-order valence-electron chi connectivity index (χ0n) is 15.6. The van der Waals surface area contributed by atoms with Crippen molar-refractivity contribution in [3.05, 3.63) is 29.8 Å². The van der Waals surface area contributed by atoms with E-state index in [1.54, 1.807) is 12.1 Å². The van der Waals surface area contributed by atoms with Gasteiger partial charge in [-0.15, -0.1) is 24.0 Å². The third-order valence-corrected chi connectivity index (χ3v) is 5.30. The van der Waals surface area contributed by atoms with Gasteiger partial charge in [-0.2, -0.15) is 0 Å². The average molecular weight is 445 g/mol. The molecule has 2 N–H and O–H groups in total. The second kappa shape index (κ2) is 8.41. The number of likely N-dealkylation sites (tertiary alicyclic amines) is 1. The molecule has 0 saturated carbocycles. The lowest BCUT2D eigenvalue weighted by molar-refractivity contribution is -0.0667. The van der Waals surface area contributed by atoms with E-state index in [2.05, 4.69) is 44.8 Å². The zero-order valence-corrected chi connectivity index (χ0v) is 17.9. The van der Waals surface area contributed by atoms with E-state index in [1.807, 2.05) is 12.1 Å². The molecule has 1 aromatic rings. The van der Waals surface area contributed by atoms with Crippen LogP contribution in [0, 0.1) is 5.41 Å². The second-order valence-corrected chi connectivity index (χ2v) is 7.53. The fraction of sp³-hybridized carbons (Fsp3) is 0.632. The summed E-state index contributed by atoms with van der Waals surface area (Å²) < 4.78 is 0. The number of aliphatic imine (C=N–C) groups is 1. The molecule has 0 bridgehead atoms. The lowest BCUT2D eigenvalue weighted by Gasteiger charge is -2.62. The molecule has 4 nitrogen and oxygen atoms in total. The molecule has 1 saturated heterocycles. The van der Waals surface area contributed by atoms with Crippen molar-refractivity contribution in [1.29, 1.82) is 0 Å². The van der Waals surface area contributed by atoms with Crippen LogP contribution in [0.2, 0.25) is 0 Å². The number of nitrogens with zero attached hydrogens (tertiary/aromatic N) is 2. The number of aromatic hydroxyl groups is 1. The topological polar surface area (TPSA) is 47.9 Å². The first-order valence-corrected chi connectivity index (χ1v) is 8.62. The van der Waals surface area contributed by atoms with E-state index in [9.17, 15) is 5.11 Å². The van der Waals surface area contributed by atoms with Gasteiger partial charge >= 0.3 is 0 Å². The van der Waals surface area contributed by atoms with Crippen LogP contribution in [0.4, 0.5) is 0 Å². The molecule has 0 amide bonds. The monoisotopic (exact) mass is 445 g/mol. The van der Waals surface area contributed by atoms with Crippen molar-refractivity contribution in [2.75, 3.05) is 19.6 Å². The Morgan fingerprint density at radius 2 is 1.83 bits per heavy atom. The van der Waals surface area contributed by atoms with Crippen molar-refractivity contribution in [3.63, 3.8) is 0 Å². The molecule has 0 atom stereocenters. The molecular weight excluding hydrogens is 413 g/mol. The fourth-order valence-corrected chi connectivity index (χ4v) is 2.93. The van der Waals surface area contributed by atoms with Gasteiger partial charge in [-0.1, -0.05) is 26.0 Å². The van der Waals surface area contributed by atoms with Crippen molar-refractivity contribution in [1.82, 2.24) is 10.2 Å². The van der Waals surface area contributed by atoms with Crippen LogP contribution < -0.4 is 5.32 Å². The third kappa shape index (κ3) is 4.55. The molecule has 5 heteroatoms. The summed E-state index contributed by atoms with van der Waals surface area (Å²) in [5.74, 6) is 1.35.